The Kier molecular flexibility index (Phi) is 1.98. The highest BCUT2D eigenvalue weighted by Gasteiger charge is 2.60. The summed E-state index contributed by atoms with van der Waals surface area (Å²) < 4.78 is 16.1. The monoisotopic (exact) mass is 202 g/mol. The fourth-order valence-electron chi connectivity index (χ4n) is 1.84. The van der Waals surface area contributed by atoms with E-state index in [-0.39, 0.29) is 0 Å². The van der Waals surface area contributed by atoms with E-state index in [1.165, 1.54) is 6.92 Å². The van der Waals surface area contributed by atoms with Gasteiger partial charge in [0.15, 0.2) is 18.4 Å². The van der Waals surface area contributed by atoms with Crippen molar-refractivity contribution in [2.75, 3.05) is 0 Å². The van der Waals surface area contributed by atoms with Crippen molar-refractivity contribution in [1.82, 2.24) is 0 Å². The lowest BCUT2D eigenvalue weighted by Gasteiger charge is -2.27. The minimum Gasteiger partial charge on any atom is -0.384 e. The Hall–Kier alpha value is -0.490. The van der Waals surface area contributed by atoms with Gasteiger partial charge in [0.2, 0.25) is 0 Å². The van der Waals surface area contributed by atoms with Gasteiger partial charge in [-0.3, -0.25) is 0 Å². The zero-order chi connectivity index (χ0) is 10.6. The highest BCUT2D eigenvalue weighted by Crippen LogP contribution is 2.42. The van der Waals surface area contributed by atoms with Crippen molar-refractivity contribution in [2.24, 2.45) is 0 Å². The normalized spacial score (nSPS) is 50.4. The van der Waals surface area contributed by atoms with Crippen LogP contribution < -0.4 is 0 Å². The SMILES string of the molecule is CC1(C)OC2OC(C=O)[C@](C)(O)C2O1. The van der Waals surface area contributed by atoms with E-state index in [9.17, 15) is 9.90 Å². The number of hydrogen-bond acceptors (Lipinski definition) is 5. The van der Waals surface area contributed by atoms with Crippen molar-refractivity contribution in [3.63, 3.8) is 0 Å². The van der Waals surface area contributed by atoms with Crippen LogP contribution in [0.5, 0.6) is 0 Å². The quantitative estimate of drug-likeness (QED) is 0.597. The Morgan fingerprint density at radius 1 is 1.29 bits per heavy atom. The van der Waals surface area contributed by atoms with Gasteiger partial charge in [-0.2, -0.15) is 0 Å². The molecule has 0 spiro atoms. The molecule has 0 aromatic carbocycles. The maximum Gasteiger partial charge on any atom is 0.191 e. The number of carbonyl (C=O) groups is 1. The smallest absolute Gasteiger partial charge is 0.191 e. The second kappa shape index (κ2) is 2.76. The third-order valence-electron chi connectivity index (χ3n) is 2.61. The Balaban J connectivity index is 2.22. The molecule has 0 aromatic rings. The summed E-state index contributed by atoms with van der Waals surface area (Å²) >= 11 is 0. The van der Waals surface area contributed by atoms with Gasteiger partial charge < -0.3 is 24.1 Å². The largest absolute Gasteiger partial charge is 0.384 e. The summed E-state index contributed by atoms with van der Waals surface area (Å²) in [5.41, 5.74) is -1.32. The molecule has 1 N–H and O–H groups in total. The summed E-state index contributed by atoms with van der Waals surface area (Å²) in [7, 11) is 0. The molecule has 0 saturated carbocycles. The van der Waals surface area contributed by atoms with Gasteiger partial charge in [-0.15, -0.1) is 0 Å². The molecule has 0 aromatic heterocycles. The van der Waals surface area contributed by atoms with E-state index < -0.39 is 29.9 Å². The summed E-state index contributed by atoms with van der Waals surface area (Å²) in [6.07, 6.45) is -1.57. The average Bonchev–Trinajstić information content (AvgIpc) is 2.45. The minimum absolute atomic E-state index is 0.567. The van der Waals surface area contributed by atoms with Crippen LogP contribution in [0.3, 0.4) is 0 Å². The lowest BCUT2D eigenvalue weighted by atomic mass is 9.96. The van der Waals surface area contributed by atoms with Gasteiger partial charge >= 0.3 is 0 Å². The standard InChI is InChI=1S/C9H14O5/c1-8(2)13-6-7(14-8)12-5(4-10)9(6,3)11/h4-7,11H,1-3H3/t5?,6?,7?,9-/m0/s1. The van der Waals surface area contributed by atoms with Gasteiger partial charge in [0.1, 0.15) is 17.8 Å². The van der Waals surface area contributed by atoms with Crippen LogP contribution in [0.15, 0.2) is 0 Å². The topological polar surface area (TPSA) is 65.0 Å². The molecule has 0 aliphatic carbocycles. The zero-order valence-corrected chi connectivity index (χ0v) is 8.39. The molecular formula is C9H14O5. The van der Waals surface area contributed by atoms with Crippen molar-refractivity contribution < 1.29 is 24.1 Å². The maximum atomic E-state index is 10.6. The van der Waals surface area contributed by atoms with Crippen molar-refractivity contribution in [3.8, 4) is 0 Å². The van der Waals surface area contributed by atoms with Crippen molar-refractivity contribution in [3.05, 3.63) is 0 Å². The van der Waals surface area contributed by atoms with Crippen LogP contribution in [0.25, 0.3) is 0 Å². The summed E-state index contributed by atoms with van der Waals surface area (Å²) in [5, 5.41) is 10.00. The predicted molar refractivity (Wildman–Crippen MR) is 45.4 cm³/mol. The first-order valence-corrected chi connectivity index (χ1v) is 4.55. The maximum absolute atomic E-state index is 10.6. The van der Waals surface area contributed by atoms with Crippen molar-refractivity contribution in [1.29, 1.82) is 0 Å². The first-order valence-electron chi connectivity index (χ1n) is 4.55. The zero-order valence-electron chi connectivity index (χ0n) is 8.39. The molecule has 0 amide bonds. The molecule has 3 unspecified atom stereocenters. The Bertz CT molecular complexity index is 260. The number of rotatable bonds is 1. The van der Waals surface area contributed by atoms with Crippen LogP contribution >= 0.6 is 0 Å². The lowest BCUT2D eigenvalue weighted by molar-refractivity contribution is -0.222. The highest BCUT2D eigenvalue weighted by molar-refractivity contribution is 5.59. The van der Waals surface area contributed by atoms with Crippen molar-refractivity contribution >= 4 is 6.29 Å². The predicted octanol–water partition coefficient (Wildman–Crippen LogP) is -0.187. The molecular weight excluding hydrogens is 188 g/mol. The summed E-state index contributed by atoms with van der Waals surface area (Å²) in [6.45, 7) is 4.99. The van der Waals surface area contributed by atoms with Crippen LogP contribution in [0.4, 0.5) is 0 Å². The molecule has 14 heavy (non-hydrogen) atoms. The van der Waals surface area contributed by atoms with E-state index in [1.807, 2.05) is 0 Å². The van der Waals surface area contributed by atoms with Crippen LogP contribution in [0.2, 0.25) is 0 Å². The van der Waals surface area contributed by atoms with Crippen LogP contribution in [0.1, 0.15) is 20.8 Å². The lowest BCUT2D eigenvalue weighted by Crippen LogP contribution is -2.46. The van der Waals surface area contributed by atoms with Gasteiger partial charge in [0.25, 0.3) is 0 Å². The number of ether oxygens (including phenoxy) is 3. The molecule has 2 saturated heterocycles. The summed E-state index contributed by atoms with van der Waals surface area (Å²) in [4.78, 5) is 10.6. The molecule has 2 aliphatic heterocycles. The van der Waals surface area contributed by atoms with E-state index in [1.54, 1.807) is 13.8 Å². The van der Waals surface area contributed by atoms with E-state index >= 15 is 0 Å². The van der Waals surface area contributed by atoms with Gasteiger partial charge in [0, 0.05) is 0 Å². The van der Waals surface area contributed by atoms with Gasteiger partial charge in [-0.1, -0.05) is 0 Å². The summed E-state index contributed by atoms with van der Waals surface area (Å²) in [6, 6.07) is 0. The first kappa shape index (κ1) is 10.0. The van der Waals surface area contributed by atoms with Crippen molar-refractivity contribution in [2.45, 2.75) is 50.7 Å². The molecule has 0 radical (unpaired) electrons. The van der Waals surface area contributed by atoms with Crippen LogP contribution in [-0.4, -0.2) is 41.3 Å². The van der Waals surface area contributed by atoms with E-state index in [0.717, 1.165) is 0 Å². The third-order valence-corrected chi connectivity index (χ3v) is 2.61. The molecule has 80 valence electrons. The third kappa shape index (κ3) is 1.28. The van der Waals surface area contributed by atoms with E-state index in [4.69, 9.17) is 14.2 Å². The number of carbonyl (C=O) groups excluding carboxylic acids is 1. The molecule has 2 fully saturated rings. The average molecular weight is 202 g/mol. The van der Waals surface area contributed by atoms with Crippen LogP contribution in [-0.2, 0) is 19.0 Å². The fraction of sp³-hybridized carbons (Fsp3) is 0.889. The van der Waals surface area contributed by atoms with E-state index in [2.05, 4.69) is 0 Å². The fourth-order valence-corrected chi connectivity index (χ4v) is 1.84. The van der Waals surface area contributed by atoms with Gasteiger partial charge in [-0.25, -0.2) is 0 Å². The molecule has 2 heterocycles. The second-order valence-electron chi connectivity index (χ2n) is 4.34. The number of fused-ring (bicyclic) bond motifs is 1. The molecule has 2 aliphatic rings. The van der Waals surface area contributed by atoms with E-state index in [0.29, 0.717) is 6.29 Å². The van der Waals surface area contributed by atoms with Gasteiger partial charge in [-0.05, 0) is 20.8 Å². The Labute approximate surface area is 81.9 Å². The second-order valence-corrected chi connectivity index (χ2v) is 4.34. The van der Waals surface area contributed by atoms with Gasteiger partial charge in [0.05, 0.1) is 0 Å². The molecule has 2 rings (SSSR count). The molecule has 4 atom stereocenters. The molecule has 5 nitrogen and oxygen atoms in total. The van der Waals surface area contributed by atoms with Crippen LogP contribution in [0, 0.1) is 0 Å². The Morgan fingerprint density at radius 2 is 1.93 bits per heavy atom. The molecule has 5 heteroatoms. The minimum atomic E-state index is -1.32. The number of aldehydes is 1. The number of aliphatic hydroxyl groups is 1. The summed E-state index contributed by atoms with van der Waals surface area (Å²) in [5.74, 6) is -0.771. The number of hydrogen-bond donors (Lipinski definition) is 1. The Morgan fingerprint density at radius 3 is 2.43 bits per heavy atom. The first-order chi connectivity index (χ1) is 6.37. The highest BCUT2D eigenvalue weighted by atomic mass is 16.8. The molecule has 0 bridgehead atoms.